The maximum atomic E-state index is 12.0. The molecule has 2 aromatic rings. The molecule has 0 aliphatic heterocycles. The van der Waals surface area contributed by atoms with Gasteiger partial charge in [0.2, 0.25) is 5.91 Å². The molecular formula is C16H15ClN2O5. The molecule has 0 saturated carbocycles. The summed E-state index contributed by atoms with van der Waals surface area (Å²) in [6, 6.07) is 10.9. The minimum Gasteiger partial charge on any atom is -0.495 e. The molecule has 0 aliphatic carbocycles. The number of carbonyl (C=O) groups is 1. The van der Waals surface area contributed by atoms with E-state index in [0.717, 1.165) is 0 Å². The third kappa shape index (κ3) is 4.60. The summed E-state index contributed by atoms with van der Waals surface area (Å²) in [6.45, 7) is 0.118. The molecule has 126 valence electrons. The molecule has 0 radical (unpaired) electrons. The molecular weight excluding hydrogens is 336 g/mol. The fourth-order valence-corrected chi connectivity index (χ4v) is 2.13. The summed E-state index contributed by atoms with van der Waals surface area (Å²) in [7, 11) is 1.41. The standard InChI is InChI=1S/C16H15ClN2O5/c1-23-15-7-6-11(19(21)22)10-13(15)18-16(20)8-9-24-14-5-3-2-4-12(14)17/h2-7,10H,8-9H2,1H3,(H,18,20). The third-order valence-corrected chi connectivity index (χ3v) is 3.40. The molecule has 1 amide bonds. The van der Waals surface area contributed by atoms with E-state index in [-0.39, 0.29) is 30.3 Å². The van der Waals surface area contributed by atoms with Crippen molar-refractivity contribution in [2.24, 2.45) is 0 Å². The first-order valence-electron chi connectivity index (χ1n) is 7.01. The lowest BCUT2D eigenvalue weighted by molar-refractivity contribution is -0.384. The molecule has 0 heterocycles. The predicted molar refractivity (Wildman–Crippen MR) is 89.8 cm³/mol. The monoisotopic (exact) mass is 350 g/mol. The number of rotatable bonds is 7. The summed E-state index contributed by atoms with van der Waals surface area (Å²) in [4.78, 5) is 22.3. The number of nitro groups is 1. The Kier molecular flexibility index (Phi) is 5.97. The molecule has 8 heteroatoms. The van der Waals surface area contributed by atoms with E-state index in [1.165, 1.54) is 25.3 Å². The van der Waals surface area contributed by atoms with Crippen LogP contribution < -0.4 is 14.8 Å². The van der Waals surface area contributed by atoms with Crippen LogP contribution in [0.5, 0.6) is 11.5 Å². The van der Waals surface area contributed by atoms with Crippen molar-refractivity contribution in [3.63, 3.8) is 0 Å². The quantitative estimate of drug-likeness (QED) is 0.607. The van der Waals surface area contributed by atoms with Crippen molar-refractivity contribution < 1.29 is 19.2 Å². The van der Waals surface area contributed by atoms with E-state index in [9.17, 15) is 14.9 Å². The highest BCUT2D eigenvalue weighted by Gasteiger charge is 2.13. The van der Waals surface area contributed by atoms with Gasteiger partial charge < -0.3 is 14.8 Å². The summed E-state index contributed by atoms with van der Waals surface area (Å²) in [5.74, 6) is 0.460. The van der Waals surface area contributed by atoms with Crippen molar-refractivity contribution in [1.29, 1.82) is 0 Å². The molecule has 0 aromatic heterocycles. The number of hydrogen-bond acceptors (Lipinski definition) is 5. The van der Waals surface area contributed by atoms with E-state index < -0.39 is 4.92 Å². The minimum absolute atomic E-state index is 0.0526. The number of benzene rings is 2. The lowest BCUT2D eigenvalue weighted by atomic mass is 10.2. The summed E-state index contributed by atoms with van der Waals surface area (Å²) < 4.78 is 10.5. The highest BCUT2D eigenvalue weighted by molar-refractivity contribution is 6.32. The summed E-state index contributed by atoms with van der Waals surface area (Å²) >= 11 is 5.95. The molecule has 24 heavy (non-hydrogen) atoms. The lowest BCUT2D eigenvalue weighted by Crippen LogP contribution is -2.16. The molecule has 2 rings (SSSR count). The largest absolute Gasteiger partial charge is 0.495 e. The van der Waals surface area contributed by atoms with Crippen molar-refractivity contribution in [2.75, 3.05) is 19.0 Å². The summed E-state index contributed by atoms with van der Waals surface area (Å²) in [5, 5.41) is 13.9. The molecule has 0 spiro atoms. The van der Waals surface area contributed by atoms with Crippen molar-refractivity contribution >= 4 is 28.9 Å². The number of anilines is 1. The molecule has 0 aliphatic rings. The first-order chi connectivity index (χ1) is 11.5. The van der Waals surface area contributed by atoms with Crippen molar-refractivity contribution in [3.05, 3.63) is 57.6 Å². The number of amides is 1. The van der Waals surface area contributed by atoms with Crippen molar-refractivity contribution in [3.8, 4) is 11.5 Å². The smallest absolute Gasteiger partial charge is 0.271 e. The molecule has 0 bridgehead atoms. The molecule has 0 saturated heterocycles. The molecule has 7 nitrogen and oxygen atoms in total. The Balaban J connectivity index is 1.95. The van der Waals surface area contributed by atoms with Gasteiger partial charge in [-0.2, -0.15) is 0 Å². The van der Waals surface area contributed by atoms with Gasteiger partial charge in [0.1, 0.15) is 11.5 Å². The van der Waals surface area contributed by atoms with E-state index in [1.807, 2.05) is 0 Å². The van der Waals surface area contributed by atoms with Crippen LogP contribution >= 0.6 is 11.6 Å². The van der Waals surface area contributed by atoms with Crippen LogP contribution in [0.15, 0.2) is 42.5 Å². The van der Waals surface area contributed by atoms with Crippen LogP contribution in [-0.2, 0) is 4.79 Å². The average Bonchev–Trinajstić information content (AvgIpc) is 2.56. The number of hydrogen-bond donors (Lipinski definition) is 1. The van der Waals surface area contributed by atoms with Crippen LogP contribution in [0.3, 0.4) is 0 Å². The van der Waals surface area contributed by atoms with Gasteiger partial charge in [-0.15, -0.1) is 0 Å². The van der Waals surface area contributed by atoms with Gasteiger partial charge in [0.25, 0.3) is 5.69 Å². The van der Waals surface area contributed by atoms with Gasteiger partial charge in [0.15, 0.2) is 0 Å². The Morgan fingerprint density at radius 2 is 2.00 bits per heavy atom. The first-order valence-corrected chi connectivity index (χ1v) is 7.38. The molecule has 0 unspecified atom stereocenters. The SMILES string of the molecule is COc1ccc([N+](=O)[O-])cc1NC(=O)CCOc1ccccc1Cl. The van der Waals surface area contributed by atoms with Crippen molar-refractivity contribution in [1.82, 2.24) is 0 Å². The van der Waals surface area contributed by atoms with Gasteiger partial charge >= 0.3 is 0 Å². The second-order valence-corrected chi connectivity index (χ2v) is 5.13. The number of nitro benzene ring substituents is 1. The normalized spacial score (nSPS) is 10.1. The highest BCUT2D eigenvalue weighted by atomic mass is 35.5. The number of nitrogens with one attached hydrogen (secondary N) is 1. The molecule has 2 aromatic carbocycles. The lowest BCUT2D eigenvalue weighted by Gasteiger charge is -2.11. The zero-order valence-electron chi connectivity index (χ0n) is 12.8. The minimum atomic E-state index is -0.546. The average molecular weight is 351 g/mol. The maximum absolute atomic E-state index is 12.0. The van der Waals surface area contributed by atoms with Crippen LogP contribution in [0.4, 0.5) is 11.4 Å². The number of methoxy groups -OCH3 is 1. The highest BCUT2D eigenvalue weighted by Crippen LogP contribution is 2.29. The number of nitrogens with zero attached hydrogens (tertiary/aromatic N) is 1. The van der Waals surface area contributed by atoms with Crippen LogP contribution in [-0.4, -0.2) is 24.5 Å². The fraction of sp³-hybridized carbons (Fsp3) is 0.188. The first kappa shape index (κ1) is 17.6. The van der Waals surface area contributed by atoms with Gasteiger partial charge in [0, 0.05) is 12.1 Å². The van der Waals surface area contributed by atoms with E-state index >= 15 is 0 Å². The Morgan fingerprint density at radius 1 is 1.25 bits per heavy atom. The Bertz CT molecular complexity index is 751. The second-order valence-electron chi connectivity index (χ2n) is 4.72. The summed E-state index contributed by atoms with van der Waals surface area (Å²) in [6.07, 6.45) is 0.0526. The number of non-ortho nitro benzene ring substituents is 1. The van der Waals surface area contributed by atoms with Gasteiger partial charge in [-0.1, -0.05) is 23.7 Å². The van der Waals surface area contributed by atoms with Crippen LogP contribution in [0.1, 0.15) is 6.42 Å². The van der Waals surface area contributed by atoms with Crippen molar-refractivity contribution in [2.45, 2.75) is 6.42 Å². The molecule has 1 N–H and O–H groups in total. The number of carbonyl (C=O) groups excluding carboxylic acids is 1. The second kappa shape index (κ2) is 8.16. The van der Waals surface area contributed by atoms with Gasteiger partial charge in [-0.25, -0.2) is 0 Å². The van der Waals surface area contributed by atoms with Gasteiger partial charge in [0.05, 0.1) is 35.8 Å². The van der Waals surface area contributed by atoms with E-state index in [1.54, 1.807) is 24.3 Å². The zero-order chi connectivity index (χ0) is 17.5. The van der Waals surface area contributed by atoms with E-state index in [4.69, 9.17) is 21.1 Å². The molecule has 0 atom stereocenters. The Hall–Kier alpha value is -2.80. The maximum Gasteiger partial charge on any atom is 0.271 e. The Morgan fingerprint density at radius 3 is 2.67 bits per heavy atom. The third-order valence-electron chi connectivity index (χ3n) is 3.09. The van der Waals surface area contributed by atoms with Crippen LogP contribution in [0.25, 0.3) is 0 Å². The fourth-order valence-electron chi connectivity index (χ4n) is 1.94. The van der Waals surface area contributed by atoms with Crippen LogP contribution in [0.2, 0.25) is 5.02 Å². The topological polar surface area (TPSA) is 90.7 Å². The summed E-state index contributed by atoms with van der Waals surface area (Å²) in [5.41, 5.74) is 0.0906. The number of para-hydroxylation sites is 1. The number of ether oxygens (including phenoxy) is 2. The Labute approximate surface area is 143 Å². The molecule has 0 fully saturated rings. The van der Waals surface area contributed by atoms with Gasteiger partial charge in [-0.3, -0.25) is 14.9 Å². The number of halogens is 1. The van der Waals surface area contributed by atoms with E-state index in [2.05, 4.69) is 5.32 Å². The predicted octanol–water partition coefficient (Wildman–Crippen LogP) is 3.66. The van der Waals surface area contributed by atoms with Crippen LogP contribution in [0, 0.1) is 10.1 Å². The van der Waals surface area contributed by atoms with E-state index in [0.29, 0.717) is 16.5 Å². The van der Waals surface area contributed by atoms with Gasteiger partial charge in [-0.05, 0) is 18.2 Å². The zero-order valence-corrected chi connectivity index (χ0v) is 13.6.